The van der Waals surface area contributed by atoms with Gasteiger partial charge in [-0.2, -0.15) is 0 Å². The van der Waals surface area contributed by atoms with E-state index in [4.69, 9.17) is 0 Å². The summed E-state index contributed by atoms with van der Waals surface area (Å²) in [5, 5.41) is 3.04. The fourth-order valence-electron chi connectivity index (χ4n) is 2.77. The normalized spacial score (nSPS) is 19.1. The highest BCUT2D eigenvalue weighted by Crippen LogP contribution is 2.31. The molecule has 1 aromatic rings. The zero-order valence-corrected chi connectivity index (χ0v) is 14.7. The van der Waals surface area contributed by atoms with Gasteiger partial charge in [0.15, 0.2) is 5.69 Å². The number of carbonyl (C=O) groups is 1. The SMILES string of the molecule is CN1CCn2c(/C=C/C3CC3)nc(C(=O)NCC(C)(C)C)c2C1. The minimum absolute atomic E-state index is 0.0509. The van der Waals surface area contributed by atoms with Crippen LogP contribution in [-0.4, -0.2) is 40.5 Å². The van der Waals surface area contributed by atoms with Crippen LogP contribution in [-0.2, 0) is 13.1 Å². The predicted molar refractivity (Wildman–Crippen MR) is 92.1 cm³/mol. The highest BCUT2D eigenvalue weighted by atomic mass is 16.1. The Morgan fingerprint density at radius 1 is 1.35 bits per heavy atom. The maximum Gasteiger partial charge on any atom is 0.271 e. The summed E-state index contributed by atoms with van der Waals surface area (Å²) in [6.07, 6.45) is 6.91. The highest BCUT2D eigenvalue weighted by molar-refractivity contribution is 5.94. The second kappa shape index (κ2) is 6.11. The van der Waals surface area contributed by atoms with E-state index in [0.717, 1.165) is 31.2 Å². The molecule has 5 heteroatoms. The lowest BCUT2D eigenvalue weighted by atomic mass is 9.97. The third-order valence-corrected chi connectivity index (χ3v) is 4.36. The molecule has 1 fully saturated rings. The van der Waals surface area contributed by atoms with Crippen LogP contribution in [0.2, 0.25) is 0 Å². The van der Waals surface area contributed by atoms with Crippen molar-refractivity contribution in [3.8, 4) is 0 Å². The van der Waals surface area contributed by atoms with Crippen molar-refractivity contribution in [2.75, 3.05) is 20.1 Å². The summed E-state index contributed by atoms with van der Waals surface area (Å²) in [6.45, 7) is 9.69. The van der Waals surface area contributed by atoms with Crippen LogP contribution in [0.3, 0.4) is 0 Å². The first-order valence-electron chi connectivity index (χ1n) is 8.58. The third-order valence-electron chi connectivity index (χ3n) is 4.36. The zero-order valence-electron chi connectivity index (χ0n) is 14.7. The smallest absolute Gasteiger partial charge is 0.271 e. The first-order chi connectivity index (χ1) is 10.8. The lowest BCUT2D eigenvalue weighted by molar-refractivity contribution is 0.0931. The van der Waals surface area contributed by atoms with E-state index in [0.29, 0.717) is 18.2 Å². The number of fused-ring (bicyclic) bond motifs is 1. The molecule has 1 aliphatic heterocycles. The number of rotatable bonds is 4. The molecule has 0 aromatic carbocycles. The van der Waals surface area contributed by atoms with Crippen molar-refractivity contribution in [1.82, 2.24) is 19.8 Å². The highest BCUT2D eigenvalue weighted by Gasteiger charge is 2.26. The topological polar surface area (TPSA) is 50.2 Å². The van der Waals surface area contributed by atoms with Gasteiger partial charge in [-0.1, -0.05) is 26.8 Å². The van der Waals surface area contributed by atoms with E-state index in [-0.39, 0.29) is 11.3 Å². The van der Waals surface area contributed by atoms with E-state index in [1.54, 1.807) is 0 Å². The Hall–Kier alpha value is -1.62. The van der Waals surface area contributed by atoms with Crippen molar-refractivity contribution in [1.29, 1.82) is 0 Å². The van der Waals surface area contributed by atoms with Gasteiger partial charge in [0.2, 0.25) is 0 Å². The Morgan fingerprint density at radius 3 is 2.74 bits per heavy atom. The second-order valence-electron chi connectivity index (χ2n) is 8.09. The van der Waals surface area contributed by atoms with Gasteiger partial charge in [0.1, 0.15) is 5.82 Å². The van der Waals surface area contributed by atoms with Gasteiger partial charge in [0.05, 0.1) is 5.69 Å². The van der Waals surface area contributed by atoms with Crippen molar-refractivity contribution < 1.29 is 4.79 Å². The Kier molecular flexibility index (Phi) is 4.32. The summed E-state index contributed by atoms with van der Waals surface area (Å²) in [5.74, 6) is 1.60. The van der Waals surface area contributed by atoms with Gasteiger partial charge in [-0.15, -0.1) is 0 Å². The molecule has 23 heavy (non-hydrogen) atoms. The average molecular weight is 316 g/mol. The summed E-state index contributed by atoms with van der Waals surface area (Å²) in [7, 11) is 2.09. The molecule has 1 aromatic heterocycles. The van der Waals surface area contributed by atoms with Gasteiger partial charge < -0.3 is 9.88 Å². The minimum atomic E-state index is -0.0509. The van der Waals surface area contributed by atoms with E-state index in [2.05, 4.69) is 59.7 Å². The van der Waals surface area contributed by atoms with Crippen LogP contribution in [0.1, 0.15) is 55.6 Å². The molecule has 1 saturated carbocycles. The summed E-state index contributed by atoms with van der Waals surface area (Å²) < 4.78 is 2.21. The molecule has 0 bridgehead atoms. The molecule has 0 radical (unpaired) electrons. The minimum Gasteiger partial charge on any atom is -0.350 e. The Bertz CT molecular complexity index is 620. The van der Waals surface area contributed by atoms with Crippen LogP contribution in [0.25, 0.3) is 6.08 Å². The molecule has 0 saturated heterocycles. The van der Waals surface area contributed by atoms with Gasteiger partial charge in [-0.25, -0.2) is 4.98 Å². The first kappa shape index (κ1) is 16.2. The summed E-state index contributed by atoms with van der Waals surface area (Å²) in [5.41, 5.74) is 1.71. The molecule has 1 amide bonds. The third kappa shape index (κ3) is 4.02. The van der Waals surface area contributed by atoms with Crippen LogP contribution in [0.15, 0.2) is 6.08 Å². The zero-order chi connectivity index (χ0) is 16.6. The van der Waals surface area contributed by atoms with Gasteiger partial charge in [0, 0.05) is 26.2 Å². The monoisotopic (exact) mass is 316 g/mol. The number of nitrogens with zero attached hydrogens (tertiary/aromatic N) is 3. The van der Waals surface area contributed by atoms with Crippen molar-refractivity contribution in [3.05, 3.63) is 23.3 Å². The van der Waals surface area contributed by atoms with Gasteiger partial charge in [0.25, 0.3) is 5.91 Å². The summed E-state index contributed by atoms with van der Waals surface area (Å²) >= 11 is 0. The summed E-state index contributed by atoms with van der Waals surface area (Å²) in [6, 6.07) is 0. The second-order valence-corrected chi connectivity index (χ2v) is 8.09. The number of allylic oxidation sites excluding steroid dienone is 1. The van der Waals surface area contributed by atoms with Gasteiger partial charge in [-0.3, -0.25) is 9.69 Å². The standard InChI is InChI=1S/C18H28N4O/c1-18(2,3)12-19-17(23)16-14-11-21(4)9-10-22(14)15(20-16)8-7-13-5-6-13/h7-8,13H,5-6,9-12H2,1-4H3,(H,19,23)/b8-7+. The fourth-order valence-corrected chi connectivity index (χ4v) is 2.77. The predicted octanol–water partition coefficient (Wildman–Crippen LogP) is 2.53. The first-order valence-corrected chi connectivity index (χ1v) is 8.58. The maximum absolute atomic E-state index is 12.6. The van der Waals surface area contributed by atoms with Gasteiger partial charge >= 0.3 is 0 Å². The van der Waals surface area contributed by atoms with E-state index in [1.165, 1.54) is 12.8 Å². The molecule has 2 heterocycles. The molecule has 0 atom stereocenters. The average Bonchev–Trinajstić information content (AvgIpc) is 3.23. The lowest BCUT2D eigenvalue weighted by Gasteiger charge is -2.25. The number of imidazole rings is 1. The van der Waals surface area contributed by atoms with E-state index in [9.17, 15) is 4.79 Å². The molecule has 1 N–H and O–H groups in total. The van der Waals surface area contributed by atoms with E-state index in [1.807, 2.05) is 0 Å². The lowest BCUT2D eigenvalue weighted by Crippen LogP contribution is -2.35. The Labute approximate surface area is 138 Å². The van der Waals surface area contributed by atoms with Crippen LogP contribution in [0.5, 0.6) is 0 Å². The van der Waals surface area contributed by atoms with Crippen molar-refractivity contribution in [3.63, 3.8) is 0 Å². The number of aromatic nitrogens is 2. The number of carbonyl (C=O) groups excluding carboxylic acids is 1. The van der Waals surface area contributed by atoms with Crippen LogP contribution >= 0.6 is 0 Å². The summed E-state index contributed by atoms with van der Waals surface area (Å²) in [4.78, 5) is 19.5. The van der Waals surface area contributed by atoms with Crippen LogP contribution in [0.4, 0.5) is 0 Å². The Morgan fingerprint density at radius 2 is 2.09 bits per heavy atom. The van der Waals surface area contributed by atoms with E-state index >= 15 is 0 Å². The fraction of sp³-hybridized carbons (Fsp3) is 0.667. The van der Waals surface area contributed by atoms with Crippen molar-refractivity contribution >= 4 is 12.0 Å². The Balaban J connectivity index is 1.84. The maximum atomic E-state index is 12.6. The molecule has 1 aliphatic carbocycles. The largest absolute Gasteiger partial charge is 0.350 e. The molecular formula is C18H28N4O. The number of hydrogen-bond donors (Lipinski definition) is 1. The molecule has 2 aliphatic rings. The number of nitrogens with one attached hydrogen (secondary N) is 1. The van der Waals surface area contributed by atoms with E-state index < -0.39 is 0 Å². The molecule has 5 nitrogen and oxygen atoms in total. The number of amides is 1. The number of likely N-dealkylation sites (N-methyl/N-ethyl adjacent to an activating group) is 1. The molecule has 0 unspecified atom stereocenters. The quantitative estimate of drug-likeness (QED) is 0.928. The molecule has 3 rings (SSSR count). The molecule has 0 spiro atoms. The molecule has 126 valence electrons. The van der Waals surface area contributed by atoms with Crippen LogP contribution < -0.4 is 5.32 Å². The van der Waals surface area contributed by atoms with Crippen molar-refractivity contribution in [2.24, 2.45) is 11.3 Å². The molecular weight excluding hydrogens is 288 g/mol. The van der Waals surface area contributed by atoms with Crippen molar-refractivity contribution in [2.45, 2.75) is 46.7 Å². The van der Waals surface area contributed by atoms with Gasteiger partial charge in [-0.05, 0) is 37.3 Å². The number of hydrogen-bond acceptors (Lipinski definition) is 3. The van der Waals surface area contributed by atoms with Crippen LogP contribution in [0, 0.1) is 11.3 Å².